The summed E-state index contributed by atoms with van der Waals surface area (Å²) in [5.41, 5.74) is 0. The van der Waals surface area contributed by atoms with Crippen molar-refractivity contribution in [1.29, 1.82) is 0 Å². The lowest BCUT2D eigenvalue weighted by molar-refractivity contribution is 0.208. The molecule has 1 unspecified atom stereocenters. The van der Waals surface area contributed by atoms with Gasteiger partial charge in [0.15, 0.2) is 0 Å². The number of hydrogen-bond donors (Lipinski definition) is 2. The van der Waals surface area contributed by atoms with Gasteiger partial charge in [-0.3, -0.25) is 0 Å². The molecular weight excluding hydrogens is 194 g/mol. The summed E-state index contributed by atoms with van der Waals surface area (Å²) in [5.74, 6) is 1.87. The van der Waals surface area contributed by atoms with Crippen LogP contribution in [0, 0.1) is 6.92 Å². The molecule has 5 nitrogen and oxygen atoms in total. The quantitative estimate of drug-likeness (QED) is 0.759. The summed E-state index contributed by atoms with van der Waals surface area (Å²) >= 11 is 0. The molecular formula is C10H17N3O2. The Balaban J connectivity index is 2.70. The summed E-state index contributed by atoms with van der Waals surface area (Å²) in [6, 6.07) is 1.72. The highest BCUT2D eigenvalue weighted by Gasteiger charge is 2.03. The van der Waals surface area contributed by atoms with Crippen LogP contribution >= 0.6 is 0 Å². The molecule has 0 bridgehead atoms. The number of aryl methyl sites for hydroxylation is 1. The maximum atomic E-state index is 9.12. The van der Waals surface area contributed by atoms with Gasteiger partial charge < -0.3 is 15.2 Å². The third-order valence-electron chi connectivity index (χ3n) is 1.69. The molecule has 0 radical (unpaired) electrons. The van der Waals surface area contributed by atoms with Gasteiger partial charge >= 0.3 is 0 Å². The minimum atomic E-state index is -0.407. The maximum Gasteiger partial charge on any atom is 0.218 e. The number of ether oxygens (including phenoxy) is 1. The van der Waals surface area contributed by atoms with Gasteiger partial charge in [0.1, 0.15) is 11.6 Å². The van der Waals surface area contributed by atoms with Crippen LogP contribution in [0.2, 0.25) is 0 Å². The first-order chi connectivity index (χ1) is 7.11. The van der Waals surface area contributed by atoms with E-state index in [2.05, 4.69) is 15.3 Å². The van der Waals surface area contributed by atoms with Gasteiger partial charge in [-0.1, -0.05) is 0 Å². The Morgan fingerprint density at radius 2 is 2.27 bits per heavy atom. The van der Waals surface area contributed by atoms with Gasteiger partial charge in [-0.2, -0.15) is 4.98 Å². The summed E-state index contributed by atoms with van der Waals surface area (Å²) in [6.07, 6.45) is -0.407. The highest BCUT2D eigenvalue weighted by atomic mass is 16.5. The van der Waals surface area contributed by atoms with Gasteiger partial charge in [-0.15, -0.1) is 0 Å². The number of anilines is 1. The van der Waals surface area contributed by atoms with Crippen molar-refractivity contribution in [3.63, 3.8) is 0 Å². The van der Waals surface area contributed by atoms with Crippen molar-refractivity contribution in [2.75, 3.05) is 18.5 Å². The zero-order valence-electron chi connectivity index (χ0n) is 9.32. The van der Waals surface area contributed by atoms with E-state index in [4.69, 9.17) is 9.84 Å². The number of aromatic nitrogens is 2. The summed E-state index contributed by atoms with van der Waals surface area (Å²) in [4.78, 5) is 8.29. The molecule has 0 amide bonds. The van der Waals surface area contributed by atoms with Crippen molar-refractivity contribution in [2.24, 2.45) is 0 Å². The Labute approximate surface area is 89.5 Å². The minimum Gasteiger partial charge on any atom is -0.478 e. The number of aliphatic hydroxyl groups excluding tert-OH is 1. The highest BCUT2D eigenvalue weighted by molar-refractivity contribution is 5.38. The topological polar surface area (TPSA) is 67.3 Å². The lowest BCUT2D eigenvalue weighted by atomic mass is 10.4. The number of aliphatic hydroxyl groups is 1. The average molecular weight is 211 g/mol. The molecule has 0 fully saturated rings. The standard InChI is InChI=1S/C10H17N3O2/c1-4-15-10-5-9(11-6-7(2)14)12-8(3)13-10/h5,7,14H,4,6H2,1-3H3,(H,11,12,13). The number of hydrogen-bond acceptors (Lipinski definition) is 5. The fraction of sp³-hybridized carbons (Fsp3) is 0.600. The van der Waals surface area contributed by atoms with E-state index in [9.17, 15) is 0 Å². The predicted molar refractivity (Wildman–Crippen MR) is 58.1 cm³/mol. The van der Waals surface area contributed by atoms with Crippen LogP contribution in [-0.2, 0) is 0 Å². The van der Waals surface area contributed by atoms with Crippen molar-refractivity contribution in [1.82, 2.24) is 9.97 Å². The van der Waals surface area contributed by atoms with Crippen molar-refractivity contribution in [3.8, 4) is 5.88 Å². The Kier molecular flexibility index (Phi) is 4.30. The van der Waals surface area contributed by atoms with Gasteiger partial charge in [0.2, 0.25) is 5.88 Å². The van der Waals surface area contributed by atoms with Crippen LogP contribution in [0.1, 0.15) is 19.7 Å². The molecule has 2 N–H and O–H groups in total. The SMILES string of the molecule is CCOc1cc(NCC(C)O)nc(C)n1. The van der Waals surface area contributed by atoms with Gasteiger partial charge in [-0.05, 0) is 20.8 Å². The monoisotopic (exact) mass is 211 g/mol. The van der Waals surface area contributed by atoms with E-state index >= 15 is 0 Å². The smallest absolute Gasteiger partial charge is 0.218 e. The average Bonchev–Trinajstić information content (AvgIpc) is 2.14. The van der Waals surface area contributed by atoms with Crippen molar-refractivity contribution < 1.29 is 9.84 Å². The fourth-order valence-corrected chi connectivity index (χ4v) is 1.10. The largest absolute Gasteiger partial charge is 0.478 e. The predicted octanol–water partition coefficient (Wildman–Crippen LogP) is 0.976. The van der Waals surface area contributed by atoms with Crippen LogP contribution < -0.4 is 10.1 Å². The lowest BCUT2D eigenvalue weighted by Gasteiger charge is -2.09. The molecule has 1 aromatic heterocycles. The van der Waals surface area contributed by atoms with E-state index in [1.807, 2.05) is 6.92 Å². The van der Waals surface area contributed by atoms with Crippen LogP contribution in [0.4, 0.5) is 5.82 Å². The van der Waals surface area contributed by atoms with Crippen LogP contribution in [-0.4, -0.2) is 34.3 Å². The second-order valence-electron chi connectivity index (χ2n) is 3.30. The van der Waals surface area contributed by atoms with Crippen LogP contribution in [0.15, 0.2) is 6.07 Å². The molecule has 1 aromatic rings. The summed E-state index contributed by atoms with van der Waals surface area (Å²) in [5, 5.41) is 12.1. The molecule has 1 heterocycles. The van der Waals surface area contributed by atoms with Gasteiger partial charge in [0, 0.05) is 12.6 Å². The molecule has 5 heteroatoms. The molecule has 0 aromatic carbocycles. The molecule has 0 aliphatic heterocycles. The molecule has 15 heavy (non-hydrogen) atoms. The second-order valence-corrected chi connectivity index (χ2v) is 3.30. The Morgan fingerprint density at radius 1 is 1.53 bits per heavy atom. The molecule has 84 valence electrons. The molecule has 0 spiro atoms. The normalized spacial score (nSPS) is 12.3. The Bertz CT molecular complexity index is 316. The van der Waals surface area contributed by atoms with E-state index in [1.54, 1.807) is 19.9 Å². The van der Waals surface area contributed by atoms with Crippen LogP contribution in [0.3, 0.4) is 0 Å². The van der Waals surface area contributed by atoms with Crippen LogP contribution in [0.5, 0.6) is 5.88 Å². The van der Waals surface area contributed by atoms with Crippen molar-refractivity contribution in [2.45, 2.75) is 26.9 Å². The second kappa shape index (κ2) is 5.50. The van der Waals surface area contributed by atoms with E-state index in [1.165, 1.54) is 0 Å². The molecule has 0 saturated carbocycles. The highest BCUT2D eigenvalue weighted by Crippen LogP contribution is 2.12. The van der Waals surface area contributed by atoms with Gasteiger partial charge in [0.25, 0.3) is 0 Å². The zero-order chi connectivity index (χ0) is 11.3. The Morgan fingerprint density at radius 3 is 2.87 bits per heavy atom. The number of nitrogens with one attached hydrogen (secondary N) is 1. The molecule has 0 saturated heterocycles. The molecule has 1 atom stereocenters. The zero-order valence-corrected chi connectivity index (χ0v) is 9.32. The third kappa shape index (κ3) is 4.12. The molecule has 0 aliphatic carbocycles. The minimum absolute atomic E-state index is 0.407. The number of nitrogens with zero attached hydrogens (tertiary/aromatic N) is 2. The first-order valence-corrected chi connectivity index (χ1v) is 5.02. The lowest BCUT2D eigenvalue weighted by Crippen LogP contribution is -2.16. The van der Waals surface area contributed by atoms with E-state index < -0.39 is 6.10 Å². The van der Waals surface area contributed by atoms with Gasteiger partial charge in [-0.25, -0.2) is 4.98 Å². The summed E-state index contributed by atoms with van der Waals surface area (Å²) in [7, 11) is 0. The van der Waals surface area contributed by atoms with E-state index in [0.717, 1.165) is 0 Å². The maximum absolute atomic E-state index is 9.12. The molecule has 1 rings (SSSR count). The summed E-state index contributed by atoms with van der Waals surface area (Å²) < 4.78 is 5.28. The fourth-order valence-electron chi connectivity index (χ4n) is 1.10. The van der Waals surface area contributed by atoms with E-state index in [-0.39, 0.29) is 0 Å². The number of rotatable bonds is 5. The van der Waals surface area contributed by atoms with Gasteiger partial charge in [0.05, 0.1) is 12.7 Å². The Hall–Kier alpha value is -1.36. The van der Waals surface area contributed by atoms with Crippen LogP contribution in [0.25, 0.3) is 0 Å². The van der Waals surface area contributed by atoms with Crippen molar-refractivity contribution >= 4 is 5.82 Å². The first kappa shape index (κ1) is 11.7. The molecule has 0 aliphatic rings. The first-order valence-electron chi connectivity index (χ1n) is 5.02. The summed E-state index contributed by atoms with van der Waals surface area (Å²) in [6.45, 7) is 6.45. The van der Waals surface area contributed by atoms with Crippen molar-refractivity contribution in [3.05, 3.63) is 11.9 Å². The van der Waals surface area contributed by atoms with E-state index in [0.29, 0.717) is 30.7 Å². The third-order valence-corrected chi connectivity index (χ3v) is 1.69.